The fourth-order valence-electron chi connectivity index (χ4n) is 3.42. The molecule has 2 atom stereocenters. The summed E-state index contributed by atoms with van der Waals surface area (Å²) in [5.41, 5.74) is 7.37. The van der Waals surface area contributed by atoms with Gasteiger partial charge in [-0.15, -0.1) is 0 Å². The highest BCUT2D eigenvalue weighted by atomic mass is 19.1. The standard InChI is InChI=1S/C16H22FNO2/c17-14-3-1-12(2-4-14)15(18)13-5-8-20-16(11-13)6-9-19-10-7-16/h1-4,13,15H,5-11,18H2. The molecule has 2 unspecified atom stereocenters. The highest BCUT2D eigenvalue weighted by molar-refractivity contribution is 5.20. The van der Waals surface area contributed by atoms with Gasteiger partial charge in [0, 0.05) is 25.9 Å². The second-order valence-corrected chi connectivity index (χ2v) is 5.97. The Labute approximate surface area is 119 Å². The Hall–Kier alpha value is -0.970. The molecule has 2 aliphatic heterocycles. The van der Waals surface area contributed by atoms with Crippen LogP contribution in [0.3, 0.4) is 0 Å². The van der Waals surface area contributed by atoms with Crippen LogP contribution in [0.2, 0.25) is 0 Å². The molecule has 2 heterocycles. The van der Waals surface area contributed by atoms with E-state index in [1.807, 2.05) is 0 Å². The minimum Gasteiger partial charge on any atom is -0.381 e. The van der Waals surface area contributed by atoms with Gasteiger partial charge in [0.25, 0.3) is 0 Å². The molecule has 3 nitrogen and oxygen atoms in total. The molecule has 2 N–H and O–H groups in total. The minimum atomic E-state index is -0.214. The van der Waals surface area contributed by atoms with Gasteiger partial charge in [-0.2, -0.15) is 0 Å². The molecule has 1 spiro atoms. The van der Waals surface area contributed by atoms with E-state index in [4.69, 9.17) is 15.2 Å². The number of rotatable bonds is 2. The van der Waals surface area contributed by atoms with Crippen LogP contribution in [0.4, 0.5) is 4.39 Å². The maximum absolute atomic E-state index is 13.0. The Kier molecular flexibility index (Phi) is 4.06. The first kappa shape index (κ1) is 14.0. The molecule has 0 saturated carbocycles. The summed E-state index contributed by atoms with van der Waals surface area (Å²) >= 11 is 0. The van der Waals surface area contributed by atoms with E-state index in [9.17, 15) is 4.39 Å². The molecule has 0 aromatic heterocycles. The third-order valence-electron chi connectivity index (χ3n) is 4.70. The van der Waals surface area contributed by atoms with Crippen LogP contribution >= 0.6 is 0 Å². The van der Waals surface area contributed by atoms with Crippen molar-refractivity contribution in [3.05, 3.63) is 35.6 Å². The lowest BCUT2D eigenvalue weighted by Gasteiger charge is -2.44. The fourth-order valence-corrected chi connectivity index (χ4v) is 3.42. The van der Waals surface area contributed by atoms with E-state index in [1.165, 1.54) is 12.1 Å². The van der Waals surface area contributed by atoms with E-state index in [1.54, 1.807) is 12.1 Å². The predicted octanol–water partition coefficient (Wildman–Crippen LogP) is 2.80. The van der Waals surface area contributed by atoms with Gasteiger partial charge in [-0.1, -0.05) is 12.1 Å². The summed E-state index contributed by atoms with van der Waals surface area (Å²) in [4.78, 5) is 0. The summed E-state index contributed by atoms with van der Waals surface area (Å²) < 4.78 is 24.5. The van der Waals surface area contributed by atoms with Gasteiger partial charge >= 0.3 is 0 Å². The first-order valence-electron chi connectivity index (χ1n) is 7.41. The van der Waals surface area contributed by atoms with E-state index in [-0.39, 0.29) is 17.5 Å². The maximum Gasteiger partial charge on any atom is 0.123 e. The van der Waals surface area contributed by atoms with Gasteiger partial charge in [0.15, 0.2) is 0 Å². The number of ether oxygens (including phenoxy) is 2. The van der Waals surface area contributed by atoms with Gasteiger partial charge in [0.1, 0.15) is 5.82 Å². The second-order valence-electron chi connectivity index (χ2n) is 5.97. The van der Waals surface area contributed by atoms with Crippen LogP contribution in [0, 0.1) is 11.7 Å². The average Bonchev–Trinajstić information content (AvgIpc) is 2.48. The third kappa shape index (κ3) is 2.87. The van der Waals surface area contributed by atoms with Crippen molar-refractivity contribution in [2.75, 3.05) is 19.8 Å². The highest BCUT2D eigenvalue weighted by Gasteiger charge is 2.40. The minimum absolute atomic E-state index is 0.0424. The van der Waals surface area contributed by atoms with Gasteiger partial charge in [0.05, 0.1) is 5.60 Å². The molecular formula is C16H22FNO2. The van der Waals surface area contributed by atoms with Gasteiger partial charge in [0.2, 0.25) is 0 Å². The van der Waals surface area contributed by atoms with E-state index in [0.717, 1.165) is 51.1 Å². The summed E-state index contributed by atoms with van der Waals surface area (Å²) in [5.74, 6) is 0.182. The Morgan fingerprint density at radius 2 is 1.85 bits per heavy atom. The molecule has 0 radical (unpaired) electrons. The van der Waals surface area contributed by atoms with Crippen molar-refractivity contribution in [1.82, 2.24) is 0 Å². The molecule has 2 fully saturated rings. The van der Waals surface area contributed by atoms with Crippen LogP contribution in [0.1, 0.15) is 37.3 Å². The Balaban J connectivity index is 1.71. The predicted molar refractivity (Wildman–Crippen MR) is 74.8 cm³/mol. The quantitative estimate of drug-likeness (QED) is 0.905. The SMILES string of the molecule is NC(c1ccc(F)cc1)C1CCOC2(CCOCC2)C1. The van der Waals surface area contributed by atoms with Crippen LogP contribution in [0.25, 0.3) is 0 Å². The first-order chi connectivity index (χ1) is 9.69. The summed E-state index contributed by atoms with van der Waals surface area (Å²) in [5, 5.41) is 0. The molecule has 20 heavy (non-hydrogen) atoms. The summed E-state index contributed by atoms with van der Waals surface area (Å²) in [6.45, 7) is 2.32. The zero-order valence-corrected chi connectivity index (χ0v) is 11.7. The van der Waals surface area contributed by atoms with E-state index in [0.29, 0.717) is 5.92 Å². The van der Waals surface area contributed by atoms with E-state index in [2.05, 4.69) is 0 Å². The molecule has 3 rings (SSSR count). The Morgan fingerprint density at radius 1 is 1.15 bits per heavy atom. The molecule has 0 aliphatic carbocycles. The van der Waals surface area contributed by atoms with E-state index < -0.39 is 0 Å². The lowest BCUT2D eigenvalue weighted by molar-refractivity contribution is -0.149. The smallest absolute Gasteiger partial charge is 0.123 e. The van der Waals surface area contributed by atoms with E-state index >= 15 is 0 Å². The van der Waals surface area contributed by atoms with Crippen LogP contribution in [0.5, 0.6) is 0 Å². The fraction of sp³-hybridized carbons (Fsp3) is 0.625. The number of hydrogen-bond acceptors (Lipinski definition) is 3. The number of hydrogen-bond donors (Lipinski definition) is 1. The van der Waals surface area contributed by atoms with Crippen molar-refractivity contribution < 1.29 is 13.9 Å². The lowest BCUT2D eigenvalue weighted by atomic mass is 9.76. The van der Waals surface area contributed by atoms with Crippen LogP contribution < -0.4 is 5.73 Å². The zero-order valence-electron chi connectivity index (χ0n) is 11.7. The Bertz CT molecular complexity index is 437. The molecule has 4 heteroatoms. The molecule has 110 valence electrons. The molecule has 1 aromatic rings. The molecule has 0 amide bonds. The van der Waals surface area contributed by atoms with Gasteiger partial charge in [-0.05, 0) is 49.3 Å². The molecule has 0 bridgehead atoms. The average molecular weight is 279 g/mol. The molecule has 1 aromatic carbocycles. The first-order valence-corrected chi connectivity index (χ1v) is 7.41. The molecule has 2 saturated heterocycles. The van der Waals surface area contributed by atoms with Crippen molar-refractivity contribution in [2.45, 2.75) is 37.3 Å². The van der Waals surface area contributed by atoms with Crippen LogP contribution in [-0.2, 0) is 9.47 Å². The van der Waals surface area contributed by atoms with Crippen LogP contribution in [-0.4, -0.2) is 25.4 Å². The van der Waals surface area contributed by atoms with Gasteiger partial charge < -0.3 is 15.2 Å². The normalized spacial score (nSPS) is 27.4. The maximum atomic E-state index is 13.0. The monoisotopic (exact) mass is 279 g/mol. The Morgan fingerprint density at radius 3 is 2.55 bits per heavy atom. The largest absolute Gasteiger partial charge is 0.381 e. The third-order valence-corrected chi connectivity index (χ3v) is 4.70. The highest BCUT2D eigenvalue weighted by Crippen LogP contribution is 2.41. The van der Waals surface area contributed by atoms with Crippen molar-refractivity contribution in [3.63, 3.8) is 0 Å². The summed E-state index contributed by atoms with van der Waals surface area (Å²) in [7, 11) is 0. The van der Waals surface area contributed by atoms with Gasteiger partial charge in [-0.25, -0.2) is 4.39 Å². The topological polar surface area (TPSA) is 44.5 Å². The van der Waals surface area contributed by atoms with Crippen molar-refractivity contribution in [3.8, 4) is 0 Å². The lowest BCUT2D eigenvalue weighted by Crippen LogP contribution is -2.46. The van der Waals surface area contributed by atoms with Crippen molar-refractivity contribution >= 4 is 0 Å². The van der Waals surface area contributed by atoms with Crippen molar-refractivity contribution in [2.24, 2.45) is 11.7 Å². The van der Waals surface area contributed by atoms with Gasteiger partial charge in [-0.3, -0.25) is 0 Å². The summed E-state index contributed by atoms with van der Waals surface area (Å²) in [6, 6.07) is 6.52. The summed E-state index contributed by atoms with van der Waals surface area (Å²) in [6.07, 6.45) is 3.87. The van der Waals surface area contributed by atoms with Crippen LogP contribution in [0.15, 0.2) is 24.3 Å². The number of halogens is 1. The zero-order chi connectivity index (χ0) is 14.0. The second kappa shape index (κ2) is 5.80. The molecule has 2 aliphatic rings. The number of nitrogens with two attached hydrogens (primary N) is 1. The number of benzene rings is 1. The van der Waals surface area contributed by atoms with Crippen molar-refractivity contribution in [1.29, 1.82) is 0 Å². The molecular weight excluding hydrogens is 257 g/mol.